The summed E-state index contributed by atoms with van der Waals surface area (Å²) in [6, 6.07) is 4.08. The Labute approximate surface area is 126 Å². The molecule has 21 heavy (non-hydrogen) atoms. The van der Waals surface area contributed by atoms with Crippen molar-refractivity contribution >= 4 is 11.9 Å². The Morgan fingerprint density at radius 3 is 2.14 bits per heavy atom. The minimum Gasteiger partial charge on any atom is -0.480 e. The van der Waals surface area contributed by atoms with E-state index < -0.39 is 11.5 Å². The quantitative estimate of drug-likeness (QED) is 0.847. The summed E-state index contributed by atoms with van der Waals surface area (Å²) in [5.74, 6) is -1.24. The van der Waals surface area contributed by atoms with Gasteiger partial charge in [-0.05, 0) is 50.8 Å². The number of carboxylic acids is 1. The van der Waals surface area contributed by atoms with Crippen molar-refractivity contribution in [2.24, 2.45) is 0 Å². The van der Waals surface area contributed by atoms with Crippen molar-refractivity contribution in [3.05, 3.63) is 34.4 Å². The number of hydrogen-bond donors (Lipinski definition) is 2. The lowest BCUT2D eigenvalue weighted by atomic mass is 9.94. The summed E-state index contributed by atoms with van der Waals surface area (Å²) in [5.41, 5.74) is 3.07. The highest BCUT2D eigenvalue weighted by Gasteiger charge is 2.33. The Morgan fingerprint density at radius 1 is 1.19 bits per heavy atom. The van der Waals surface area contributed by atoms with Crippen molar-refractivity contribution in [2.45, 2.75) is 59.4 Å². The van der Waals surface area contributed by atoms with Gasteiger partial charge in [0.25, 0.3) is 0 Å². The van der Waals surface area contributed by atoms with Gasteiger partial charge in [-0.2, -0.15) is 0 Å². The number of aliphatic carboxylic acids is 1. The van der Waals surface area contributed by atoms with E-state index in [0.29, 0.717) is 12.8 Å². The standard InChI is InChI=1S/C17H25NO3/c1-6-7-17(5,16(20)21)18-15(19)10-14-12(3)8-11(2)9-13(14)4/h8-9H,6-7,10H2,1-5H3,(H,18,19)(H,20,21). The van der Waals surface area contributed by atoms with E-state index in [9.17, 15) is 14.7 Å². The maximum Gasteiger partial charge on any atom is 0.329 e. The van der Waals surface area contributed by atoms with Gasteiger partial charge in [-0.3, -0.25) is 4.79 Å². The van der Waals surface area contributed by atoms with Gasteiger partial charge in [0.05, 0.1) is 6.42 Å². The molecule has 4 nitrogen and oxygen atoms in total. The predicted octanol–water partition coefficient (Wildman–Crippen LogP) is 2.91. The van der Waals surface area contributed by atoms with E-state index >= 15 is 0 Å². The third kappa shape index (κ3) is 4.31. The fraction of sp³-hybridized carbons (Fsp3) is 0.529. The molecule has 0 saturated heterocycles. The van der Waals surface area contributed by atoms with Crippen molar-refractivity contribution in [1.82, 2.24) is 5.32 Å². The Bertz CT molecular complexity index is 528. The zero-order valence-electron chi connectivity index (χ0n) is 13.5. The van der Waals surface area contributed by atoms with Gasteiger partial charge in [-0.15, -0.1) is 0 Å². The van der Waals surface area contributed by atoms with Gasteiger partial charge in [0.2, 0.25) is 5.91 Å². The smallest absolute Gasteiger partial charge is 0.329 e. The van der Waals surface area contributed by atoms with Gasteiger partial charge < -0.3 is 10.4 Å². The molecule has 0 bridgehead atoms. The van der Waals surface area contributed by atoms with E-state index in [4.69, 9.17) is 0 Å². The molecule has 1 aromatic carbocycles. The number of carbonyl (C=O) groups is 2. The molecule has 1 atom stereocenters. The second-order valence-corrected chi connectivity index (χ2v) is 5.99. The van der Waals surface area contributed by atoms with Crippen molar-refractivity contribution in [3.63, 3.8) is 0 Å². The van der Waals surface area contributed by atoms with Gasteiger partial charge in [-0.1, -0.05) is 31.0 Å². The predicted molar refractivity (Wildman–Crippen MR) is 83.4 cm³/mol. The maximum absolute atomic E-state index is 12.2. The number of benzene rings is 1. The summed E-state index contributed by atoms with van der Waals surface area (Å²) in [5, 5.41) is 12.0. The molecule has 0 aliphatic heterocycles. The van der Waals surface area contributed by atoms with Crippen LogP contribution >= 0.6 is 0 Å². The van der Waals surface area contributed by atoms with Crippen molar-refractivity contribution in [2.75, 3.05) is 0 Å². The first-order valence-corrected chi connectivity index (χ1v) is 7.30. The number of aryl methyl sites for hydroxylation is 3. The van der Waals surface area contributed by atoms with Crippen LogP contribution in [0.1, 0.15) is 48.9 Å². The van der Waals surface area contributed by atoms with E-state index in [1.54, 1.807) is 6.92 Å². The zero-order chi connectivity index (χ0) is 16.2. The van der Waals surface area contributed by atoms with Crippen molar-refractivity contribution in [3.8, 4) is 0 Å². The van der Waals surface area contributed by atoms with Gasteiger partial charge in [0.15, 0.2) is 0 Å². The molecule has 2 N–H and O–H groups in total. The molecule has 116 valence electrons. The third-order valence-electron chi connectivity index (χ3n) is 3.82. The summed E-state index contributed by atoms with van der Waals surface area (Å²) in [6.45, 7) is 9.44. The number of rotatable bonds is 6. The third-order valence-corrected chi connectivity index (χ3v) is 3.82. The Balaban J connectivity index is 2.89. The minimum atomic E-state index is -1.20. The molecule has 0 aliphatic carbocycles. The molecule has 1 rings (SSSR count). The van der Waals surface area contributed by atoms with Gasteiger partial charge in [0.1, 0.15) is 5.54 Å². The van der Waals surface area contributed by atoms with E-state index in [2.05, 4.69) is 5.32 Å². The van der Waals surface area contributed by atoms with Crippen LogP contribution in [0.4, 0.5) is 0 Å². The largest absolute Gasteiger partial charge is 0.480 e. The number of carboxylic acid groups (broad SMARTS) is 1. The second kappa shape index (κ2) is 6.74. The van der Waals surface area contributed by atoms with E-state index in [-0.39, 0.29) is 12.3 Å². The molecule has 0 radical (unpaired) electrons. The van der Waals surface area contributed by atoms with Crippen LogP contribution in [0, 0.1) is 20.8 Å². The van der Waals surface area contributed by atoms with E-state index in [1.807, 2.05) is 39.8 Å². The maximum atomic E-state index is 12.2. The molecule has 1 unspecified atom stereocenters. The average Bonchev–Trinajstić information content (AvgIpc) is 2.33. The van der Waals surface area contributed by atoms with Gasteiger partial charge >= 0.3 is 5.97 Å². The number of amides is 1. The van der Waals surface area contributed by atoms with E-state index in [0.717, 1.165) is 22.3 Å². The fourth-order valence-corrected chi connectivity index (χ4v) is 2.72. The molecule has 0 aliphatic rings. The molecule has 1 aromatic rings. The lowest BCUT2D eigenvalue weighted by Crippen LogP contribution is -2.52. The van der Waals surface area contributed by atoms with Crippen molar-refractivity contribution < 1.29 is 14.7 Å². The Morgan fingerprint density at radius 2 is 1.71 bits per heavy atom. The molecular formula is C17H25NO3. The average molecular weight is 291 g/mol. The number of carbonyl (C=O) groups excluding carboxylic acids is 1. The summed E-state index contributed by atoms with van der Waals surface area (Å²) in [7, 11) is 0. The lowest BCUT2D eigenvalue weighted by Gasteiger charge is -2.26. The summed E-state index contributed by atoms with van der Waals surface area (Å²) >= 11 is 0. The highest BCUT2D eigenvalue weighted by molar-refractivity contribution is 5.87. The molecule has 0 heterocycles. The first-order chi connectivity index (χ1) is 9.69. The molecule has 0 fully saturated rings. The van der Waals surface area contributed by atoms with Crippen LogP contribution in [0.2, 0.25) is 0 Å². The fourth-order valence-electron chi connectivity index (χ4n) is 2.72. The molecule has 4 heteroatoms. The topological polar surface area (TPSA) is 66.4 Å². The molecular weight excluding hydrogens is 266 g/mol. The van der Waals surface area contributed by atoms with Crippen LogP contribution < -0.4 is 5.32 Å². The SMILES string of the molecule is CCCC(C)(NC(=O)Cc1c(C)cc(C)cc1C)C(=O)O. The summed E-state index contributed by atoms with van der Waals surface area (Å²) in [4.78, 5) is 23.6. The van der Waals surface area contributed by atoms with Crippen LogP contribution in [0.15, 0.2) is 12.1 Å². The van der Waals surface area contributed by atoms with Crippen LogP contribution in [0.25, 0.3) is 0 Å². The second-order valence-electron chi connectivity index (χ2n) is 5.99. The summed E-state index contributed by atoms with van der Waals surface area (Å²) < 4.78 is 0. The zero-order valence-corrected chi connectivity index (χ0v) is 13.5. The lowest BCUT2D eigenvalue weighted by molar-refractivity contribution is -0.147. The highest BCUT2D eigenvalue weighted by Crippen LogP contribution is 2.18. The normalized spacial score (nSPS) is 13.6. The van der Waals surface area contributed by atoms with Crippen LogP contribution in [-0.4, -0.2) is 22.5 Å². The van der Waals surface area contributed by atoms with E-state index in [1.165, 1.54) is 0 Å². The highest BCUT2D eigenvalue weighted by atomic mass is 16.4. The van der Waals surface area contributed by atoms with Crippen LogP contribution in [0.3, 0.4) is 0 Å². The van der Waals surface area contributed by atoms with Gasteiger partial charge in [0, 0.05) is 0 Å². The molecule has 1 amide bonds. The Kier molecular flexibility index (Phi) is 5.53. The molecule has 0 aromatic heterocycles. The van der Waals surface area contributed by atoms with Gasteiger partial charge in [-0.25, -0.2) is 4.79 Å². The monoisotopic (exact) mass is 291 g/mol. The molecule has 0 spiro atoms. The molecule has 0 saturated carbocycles. The van der Waals surface area contributed by atoms with Crippen LogP contribution in [0.5, 0.6) is 0 Å². The number of hydrogen-bond acceptors (Lipinski definition) is 2. The van der Waals surface area contributed by atoms with Crippen molar-refractivity contribution in [1.29, 1.82) is 0 Å². The minimum absolute atomic E-state index is 0.213. The Hall–Kier alpha value is -1.84. The summed E-state index contributed by atoms with van der Waals surface area (Å²) in [6.07, 6.45) is 1.33. The van der Waals surface area contributed by atoms with Crippen LogP contribution in [-0.2, 0) is 16.0 Å². The number of nitrogens with one attached hydrogen (secondary N) is 1. The first-order valence-electron chi connectivity index (χ1n) is 7.30. The first kappa shape index (κ1) is 17.2.